The summed E-state index contributed by atoms with van der Waals surface area (Å²) in [5, 5.41) is 20.5. The van der Waals surface area contributed by atoms with Crippen LogP contribution in [-0.2, 0) is 6.54 Å². The predicted molar refractivity (Wildman–Crippen MR) is 69.3 cm³/mol. The molecule has 0 radical (unpaired) electrons. The van der Waals surface area contributed by atoms with Crippen LogP contribution in [0.2, 0.25) is 0 Å². The molecule has 2 heterocycles. The molecule has 0 saturated heterocycles. The number of hydrogen-bond donors (Lipinski definition) is 3. The van der Waals surface area contributed by atoms with Crippen molar-refractivity contribution in [3.05, 3.63) is 48.4 Å². The lowest BCUT2D eigenvalue weighted by Gasteiger charge is -2.06. The summed E-state index contributed by atoms with van der Waals surface area (Å²) in [5.41, 5.74) is 2.83. The topological polar surface area (TPSA) is 73.8 Å². The molecule has 3 N–H and O–H groups in total. The molecule has 0 bridgehead atoms. The summed E-state index contributed by atoms with van der Waals surface area (Å²) in [4.78, 5) is 4.12. The fraction of sp³-hybridized carbons (Fsp3) is 0.0769. The van der Waals surface area contributed by atoms with Gasteiger partial charge in [0, 0.05) is 5.39 Å². The Bertz CT molecular complexity index is 660. The molecule has 0 fully saturated rings. The first-order valence-electron chi connectivity index (χ1n) is 5.63. The molecule has 18 heavy (non-hydrogen) atoms. The average molecular weight is 240 g/mol. The van der Waals surface area contributed by atoms with Gasteiger partial charge in [-0.25, -0.2) is 0 Å². The average Bonchev–Trinajstić information content (AvgIpc) is 2.87. The third kappa shape index (κ3) is 1.98. The van der Waals surface area contributed by atoms with Gasteiger partial charge in [0.05, 0.1) is 35.8 Å². The van der Waals surface area contributed by atoms with Crippen molar-refractivity contribution < 1.29 is 5.11 Å². The zero-order chi connectivity index (χ0) is 12.4. The molecular weight excluding hydrogens is 228 g/mol. The Morgan fingerprint density at radius 3 is 2.94 bits per heavy atom. The monoisotopic (exact) mass is 240 g/mol. The molecule has 1 aromatic carbocycles. The van der Waals surface area contributed by atoms with Gasteiger partial charge in [0.15, 0.2) is 0 Å². The fourth-order valence-electron chi connectivity index (χ4n) is 1.82. The van der Waals surface area contributed by atoms with Gasteiger partial charge >= 0.3 is 0 Å². The van der Waals surface area contributed by atoms with Crippen molar-refractivity contribution in [2.75, 3.05) is 5.32 Å². The van der Waals surface area contributed by atoms with E-state index in [9.17, 15) is 0 Å². The highest BCUT2D eigenvalue weighted by Gasteiger charge is 2.02. The molecule has 3 rings (SSSR count). The van der Waals surface area contributed by atoms with Crippen LogP contribution >= 0.6 is 0 Å². The fourth-order valence-corrected chi connectivity index (χ4v) is 1.82. The molecule has 0 saturated carbocycles. The SMILES string of the molecule is Oc1ccc(CNc2cccc3cn[nH]c23)nc1. The number of nitrogens with one attached hydrogen (secondary N) is 2. The number of fused-ring (bicyclic) bond motifs is 1. The zero-order valence-electron chi connectivity index (χ0n) is 9.59. The summed E-state index contributed by atoms with van der Waals surface area (Å²) in [6, 6.07) is 9.38. The first-order valence-corrected chi connectivity index (χ1v) is 5.63. The Labute approximate surface area is 103 Å². The molecule has 0 atom stereocenters. The van der Waals surface area contributed by atoms with Crippen LogP contribution < -0.4 is 5.32 Å². The number of hydrogen-bond acceptors (Lipinski definition) is 4. The van der Waals surface area contributed by atoms with Crippen LogP contribution in [-0.4, -0.2) is 20.3 Å². The van der Waals surface area contributed by atoms with Gasteiger partial charge in [-0.15, -0.1) is 0 Å². The maximum Gasteiger partial charge on any atom is 0.133 e. The second-order valence-corrected chi connectivity index (χ2v) is 4.00. The van der Waals surface area contributed by atoms with E-state index in [4.69, 9.17) is 5.11 Å². The Hall–Kier alpha value is -2.56. The third-order valence-corrected chi connectivity index (χ3v) is 2.75. The van der Waals surface area contributed by atoms with E-state index in [1.807, 2.05) is 18.2 Å². The largest absolute Gasteiger partial charge is 0.506 e. The number of benzene rings is 1. The van der Waals surface area contributed by atoms with E-state index in [1.54, 1.807) is 18.3 Å². The zero-order valence-corrected chi connectivity index (χ0v) is 9.59. The summed E-state index contributed by atoms with van der Waals surface area (Å²) in [6.07, 6.45) is 3.23. The van der Waals surface area contributed by atoms with Crippen molar-refractivity contribution in [1.82, 2.24) is 15.2 Å². The number of aromatic hydroxyl groups is 1. The Morgan fingerprint density at radius 2 is 2.11 bits per heavy atom. The molecule has 0 spiro atoms. The van der Waals surface area contributed by atoms with E-state index in [1.165, 1.54) is 6.20 Å². The Balaban J connectivity index is 1.80. The maximum absolute atomic E-state index is 9.16. The van der Waals surface area contributed by atoms with Crippen molar-refractivity contribution in [2.24, 2.45) is 0 Å². The van der Waals surface area contributed by atoms with Crippen molar-refractivity contribution >= 4 is 16.6 Å². The number of rotatable bonds is 3. The van der Waals surface area contributed by atoms with E-state index < -0.39 is 0 Å². The Morgan fingerprint density at radius 1 is 1.17 bits per heavy atom. The lowest BCUT2D eigenvalue weighted by molar-refractivity contribution is 0.472. The van der Waals surface area contributed by atoms with Crippen LogP contribution in [0.3, 0.4) is 0 Å². The van der Waals surface area contributed by atoms with Crippen molar-refractivity contribution in [3.63, 3.8) is 0 Å². The molecular formula is C13H12N4O. The smallest absolute Gasteiger partial charge is 0.133 e. The van der Waals surface area contributed by atoms with Crippen LogP contribution in [0, 0.1) is 0 Å². The van der Waals surface area contributed by atoms with Gasteiger partial charge in [-0.1, -0.05) is 12.1 Å². The first-order chi connectivity index (χ1) is 8.83. The third-order valence-electron chi connectivity index (χ3n) is 2.75. The highest BCUT2D eigenvalue weighted by Crippen LogP contribution is 2.20. The Kier molecular flexibility index (Phi) is 2.57. The van der Waals surface area contributed by atoms with Crippen LogP contribution in [0.15, 0.2) is 42.7 Å². The quantitative estimate of drug-likeness (QED) is 0.656. The molecule has 5 heteroatoms. The lowest BCUT2D eigenvalue weighted by Crippen LogP contribution is -2.01. The number of anilines is 1. The van der Waals surface area contributed by atoms with Crippen molar-refractivity contribution in [2.45, 2.75) is 6.54 Å². The molecule has 3 aromatic rings. The summed E-state index contributed by atoms with van der Waals surface area (Å²) >= 11 is 0. The number of nitrogens with zero attached hydrogens (tertiary/aromatic N) is 2. The minimum absolute atomic E-state index is 0.175. The van der Waals surface area contributed by atoms with E-state index in [2.05, 4.69) is 20.5 Å². The van der Waals surface area contributed by atoms with Gasteiger partial charge in [-0.05, 0) is 18.2 Å². The molecule has 2 aromatic heterocycles. The molecule has 90 valence electrons. The summed E-state index contributed by atoms with van der Waals surface area (Å²) in [6.45, 7) is 0.596. The minimum Gasteiger partial charge on any atom is -0.506 e. The second kappa shape index (κ2) is 4.37. The normalized spacial score (nSPS) is 10.7. The first kappa shape index (κ1) is 10.6. The van der Waals surface area contributed by atoms with Crippen LogP contribution in [0.4, 0.5) is 5.69 Å². The van der Waals surface area contributed by atoms with Crippen LogP contribution in [0.25, 0.3) is 10.9 Å². The standard InChI is InChI=1S/C13H12N4O/c18-11-5-4-10(14-8-11)7-15-12-3-1-2-9-6-16-17-13(9)12/h1-6,8,15,18H,7H2,(H,16,17). The molecule has 0 aliphatic heterocycles. The second-order valence-electron chi connectivity index (χ2n) is 4.00. The van der Waals surface area contributed by atoms with E-state index in [0.29, 0.717) is 6.54 Å². The number of H-pyrrole nitrogens is 1. The number of aromatic nitrogens is 3. The van der Waals surface area contributed by atoms with Crippen LogP contribution in [0.5, 0.6) is 5.75 Å². The highest BCUT2D eigenvalue weighted by molar-refractivity contribution is 5.89. The van der Waals surface area contributed by atoms with Gasteiger partial charge in [0.2, 0.25) is 0 Å². The minimum atomic E-state index is 0.175. The van der Waals surface area contributed by atoms with E-state index in [-0.39, 0.29) is 5.75 Å². The number of aromatic amines is 1. The summed E-state index contributed by atoms with van der Waals surface area (Å²) in [7, 11) is 0. The molecule has 0 aliphatic rings. The van der Waals surface area contributed by atoms with Crippen LogP contribution in [0.1, 0.15) is 5.69 Å². The van der Waals surface area contributed by atoms with Gasteiger partial charge in [0.25, 0.3) is 0 Å². The summed E-state index contributed by atoms with van der Waals surface area (Å²) in [5.74, 6) is 0.175. The lowest BCUT2D eigenvalue weighted by atomic mass is 10.2. The van der Waals surface area contributed by atoms with Gasteiger partial charge in [0.1, 0.15) is 5.75 Å². The van der Waals surface area contributed by atoms with E-state index >= 15 is 0 Å². The summed E-state index contributed by atoms with van der Waals surface area (Å²) < 4.78 is 0. The van der Waals surface area contributed by atoms with Crippen molar-refractivity contribution in [3.8, 4) is 5.75 Å². The molecule has 0 amide bonds. The van der Waals surface area contributed by atoms with Gasteiger partial charge < -0.3 is 10.4 Å². The number of para-hydroxylation sites is 1. The van der Waals surface area contributed by atoms with Gasteiger partial charge in [-0.3, -0.25) is 10.1 Å². The predicted octanol–water partition coefficient (Wildman–Crippen LogP) is 2.28. The molecule has 5 nitrogen and oxygen atoms in total. The van der Waals surface area contributed by atoms with Crippen molar-refractivity contribution in [1.29, 1.82) is 0 Å². The van der Waals surface area contributed by atoms with Gasteiger partial charge in [-0.2, -0.15) is 5.10 Å². The number of pyridine rings is 1. The molecule has 0 aliphatic carbocycles. The maximum atomic E-state index is 9.16. The molecule has 0 unspecified atom stereocenters. The van der Waals surface area contributed by atoms with E-state index in [0.717, 1.165) is 22.3 Å². The highest BCUT2D eigenvalue weighted by atomic mass is 16.3.